The zero-order valence-electron chi connectivity index (χ0n) is 6.83. The monoisotopic (exact) mass is 156 g/mol. The van der Waals surface area contributed by atoms with Gasteiger partial charge in [0.05, 0.1) is 18.8 Å². The van der Waals surface area contributed by atoms with Gasteiger partial charge in [-0.25, -0.2) is 0 Å². The van der Waals surface area contributed by atoms with Gasteiger partial charge in [-0.1, -0.05) is 12.8 Å². The van der Waals surface area contributed by atoms with Gasteiger partial charge in [0.1, 0.15) is 0 Å². The van der Waals surface area contributed by atoms with Crippen LogP contribution in [0.1, 0.15) is 32.1 Å². The van der Waals surface area contributed by atoms with Crippen molar-refractivity contribution in [2.24, 2.45) is 5.92 Å². The lowest BCUT2D eigenvalue weighted by Crippen LogP contribution is -2.20. The highest BCUT2D eigenvalue weighted by atomic mass is 16.5. The summed E-state index contributed by atoms with van der Waals surface area (Å²) < 4.78 is 5.66. The highest BCUT2D eigenvalue weighted by Crippen LogP contribution is 2.36. The molecule has 0 bridgehead atoms. The first-order chi connectivity index (χ1) is 5.40. The summed E-state index contributed by atoms with van der Waals surface area (Å²) in [5, 5.41) is 8.89. The lowest BCUT2D eigenvalue weighted by atomic mass is 9.85. The van der Waals surface area contributed by atoms with Gasteiger partial charge in [0.2, 0.25) is 0 Å². The molecule has 2 fully saturated rings. The molecular weight excluding hydrogens is 140 g/mol. The fourth-order valence-corrected chi connectivity index (χ4v) is 2.38. The third-order valence-electron chi connectivity index (χ3n) is 2.98. The van der Waals surface area contributed by atoms with Crippen molar-refractivity contribution >= 4 is 0 Å². The molecule has 0 aromatic rings. The third-order valence-corrected chi connectivity index (χ3v) is 2.98. The van der Waals surface area contributed by atoms with Gasteiger partial charge < -0.3 is 9.84 Å². The molecule has 1 N–H and O–H groups in total. The molecule has 3 atom stereocenters. The van der Waals surface area contributed by atoms with Gasteiger partial charge in [0.15, 0.2) is 0 Å². The minimum Gasteiger partial charge on any atom is -0.394 e. The van der Waals surface area contributed by atoms with E-state index in [0.717, 1.165) is 12.3 Å². The minimum atomic E-state index is 0.156. The topological polar surface area (TPSA) is 29.5 Å². The first-order valence-corrected chi connectivity index (χ1v) is 4.66. The summed E-state index contributed by atoms with van der Waals surface area (Å²) >= 11 is 0. The number of hydrogen-bond donors (Lipinski definition) is 1. The Balaban J connectivity index is 1.92. The van der Waals surface area contributed by atoms with E-state index in [9.17, 15) is 0 Å². The van der Waals surface area contributed by atoms with Crippen LogP contribution in [0.3, 0.4) is 0 Å². The Hall–Kier alpha value is -0.0800. The van der Waals surface area contributed by atoms with Crippen molar-refractivity contribution in [2.45, 2.75) is 44.3 Å². The van der Waals surface area contributed by atoms with E-state index in [0.29, 0.717) is 6.10 Å². The van der Waals surface area contributed by atoms with Gasteiger partial charge in [-0.2, -0.15) is 0 Å². The summed E-state index contributed by atoms with van der Waals surface area (Å²) in [6, 6.07) is 0. The number of aliphatic hydroxyl groups is 1. The predicted octanol–water partition coefficient (Wildman–Crippen LogP) is 1.33. The molecule has 0 radical (unpaired) electrons. The minimum absolute atomic E-state index is 0.156. The molecule has 1 saturated heterocycles. The number of hydrogen-bond acceptors (Lipinski definition) is 2. The third kappa shape index (κ3) is 1.42. The second-order valence-electron chi connectivity index (χ2n) is 3.76. The Bertz CT molecular complexity index is 122. The molecule has 2 aliphatic rings. The van der Waals surface area contributed by atoms with Crippen LogP contribution >= 0.6 is 0 Å². The van der Waals surface area contributed by atoms with E-state index in [-0.39, 0.29) is 12.7 Å². The van der Waals surface area contributed by atoms with Crippen LogP contribution in [0.15, 0.2) is 0 Å². The molecule has 1 aliphatic heterocycles. The van der Waals surface area contributed by atoms with Crippen LogP contribution in [0.2, 0.25) is 0 Å². The van der Waals surface area contributed by atoms with Crippen LogP contribution in [0.25, 0.3) is 0 Å². The van der Waals surface area contributed by atoms with Gasteiger partial charge in [0, 0.05) is 0 Å². The smallest absolute Gasteiger partial charge is 0.0813 e. The maximum atomic E-state index is 8.89. The first kappa shape index (κ1) is 7.56. The number of aliphatic hydroxyl groups excluding tert-OH is 1. The largest absolute Gasteiger partial charge is 0.394 e. The first-order valence-electron chi connectivity index (χ1n) is 4.66. The van der Waals surface area contributed by atoms with Crippen LogP contribution in [0.4, 0.5) is 0 Å². The zero-order valence-corrected chi connectivity index (χ0v) is 6.83. The van der Waals surface area contributed by atoms with E-state index in [1.165, 1.54) is 25.7 Å². The molecule has 1 aliphatic carbocycles. The van der Waals surface area contributed by atoms with Crippen LogP contribution in [-0.4, -0.2) is 23.9 Å². The number of rotatable bonds is 1. The molecule has 2 nitrogen and oxygen atoms in total. The Morgan fingerprint density at radius 1 is 1.27 bits per heavy atom. The fourth-order valence-electron chi connectivity index (χ4n) is 2.38. The number of ether oxygens (including phenoxy) is 1. The highest BCUT2D eigenvalue weighted by molar-refractivity contribution is 4.84. The van der Waals surface area contributed by atoms with Crippen LogP contribution in [-0.2, 0) is 4.74 Å². The molecule has 2 rings (SSSR count). The average molecular weight is 156 g/mol. The predicted molar refractivity (Wildman–Crippen MR) is 42.3 cm³/mol. The lowest BCUT2D eigenvalue weighted by molar-refractivity contribution is -0.00558. The summed E-state index contributed by atoms with van der Waals surface area (Å²) in [5.74, 6) is 0.765. The average Bonchev–Trinajstić information content (AvgIpc) is 2.46. The normalized spacial score (nSPS) is 43.9. The summed E-state index contributed by atoms with van der Waals surface area (Å²) in [6.45, 7) is 0.215. The van der Waals surface area contributed by atoms with Crippen molar-refractivity contribution in [2.75, 3.05) is 6.61 Å². The molecule has 1 heterocycles. The fraction of sp³-hybridized carbons (Fsp3) is 1.00. The lowest BCUT2D eigenvalue weighted by Gasteiger charge is -2.23. The molecule has 1 saturated carbocycles. The standard InChI is InChI=1S/C9H16O2/c10-6-8-5-7-3-1-2-4-9(7)11-8/h7-10H,1-6H2/t7-,8?,9+/m0/s1. The maximum absolute atomic E-state index is 8.89. The van der Waals surface area contributed by atoms with E-state index in [1.807, 2.05) is 0 Å². The van der Waals surface area contributed by atoms with Crippen LogP contribution in [0.5, 0.6) is 0 Å². The van der Waals surface area contributed by atoms with E-state index >= 15 is 0 Å². The van der Waals surface area contributed by atoms with Gasteiger partial charge >= 0.3 is 0 Å². The number of fused-ring (bicyclic) bond motifs is 1. The van der Waals surface area contributed by atoms with Crippen molar-refractivity contribution in [3.63, 3.8) is 0 Å². The molecule has 64 valence electrons. The van der Waals surface area contributed by atoms with Gasteiger partial charge in [-0.3, -0.25) is 0 Å². The second kappa shape index (κ2) is 3.11. The summed E-state index contributed by atoms with van der Waals surface area (Å²) in [5.41, 5.74) is 0. The van der Waals surface area contributed by atoms with Crippen molar-refractivity contribution < 1.29 is 9.84 Å². The maximum Gasteiger partial charge on any atom is 0.0813 e. The van der Waals surface area contributed by atoms with Gasteiger partial charge in [0.25, 0.3) is 0 Å². The van der Waals surface area contributed by atoms with Crippen molar-refractivity contribution in [3.8, 4) is 0 Å². The van der Waals surface area contributed by atoms with E-state index < -0.39 is 0 Å². The Morgan fingerprint density at radius 2 is 2.09 bits per heavy atom. The van der Waals surface area contributed by atoms with Crippen LogP contribution in [0, 0.1) is 5.92 Å². The van der Waals surface area contributed by atoms with E-state index in [1.54, 1.807) is 0 Å². The van der Waals surface area contributed by atoms with Gasteiger partial charge in [-0.15, -0.1) is 0 Å². The van der Waals surface area contributed by atoms with Crippen molar-refractivity contribution in [1.29, 1.82) is 0 Å². The Kier molecular flexibility index (Phi) is 2.14. The second-order valence-corrected chi connectivity index (χ2v) is 3.76. The molecular formula is C9H16O2. The van der Waals surface area contributed by atoms with Gasteiger partial charge in [-0.05, 0) is 25.2 Å². The summed E-state index contributed by atoms with van der Waals surface area (Å²) in [4.78, 5) is 0. The van der Waals surface area contributed by atoms with E-state index in [2.05, 4.69) is 0 Å². The molecule has 0 aromatic carbocycles. The Labute approximate surface area is 67.6 Å². The highest BCUT2D eigenvalue weighted by Gasteiger charge is 2.35. The molecule has 0 spiro atoms. The summed E-state index contributed by atoms with van der Waals surface area (Å²) in [7, 11) is 0. The SMILES string of the molecule is OCC1C[C@@H]2CCCC[C@H]2O1. The molecule has 0 aromatic heterocycles. The molecule has 0 amide bonds. The quantitative estimate of drug-likeness (QED) is 0.620. The molecule has 11 heavy (non-hydrogen) atoms. The van der Waals surface area contributed by atoms with Crippen molar-refractivity contribution in [1.82, 2.24) is 0 Å². The Morgan fingerprint density at radius 3 is 2.82 bits per heavy atom. The zero-order chi connectivity index (χ0) is 7.68. The summed E-state index contributed by atoms with van der Waals surface area (Å²) in [6.07, 6.45) is 6.97. The van der Waals surface area contributed by atoms with Crippen LogP contribution < -0.4 is 0 Å². The van der Waals surface area contributed by atoms with Crippen molar-refractivity contribution in [3.05, 3.63) is 0 Å². The molecule has 2 heteroatoms. The van der Waals surface area contributed by atoms with E-state index in [4.69, 9.17) is 9.84 Å². The molecule has 1 unspecified atom stereocenters.